The highest BCUT2D eigenvalue weighted by molar-refractivity contribution is 7.13. The van der Waals surface area contributed by atoms with E-state index in [-0.39, 0.29) is 6.03 Å². The third kappa shape index (κ3) is 5.19. The highest BCUT2D eigenvalue weighted by Gasteiger charge is 2.04. The molecule has 2 rings (SSSR count). The monoisotopic (exact) mass is 303 g/mol. The number of hydrogen-bond acceptors (Lipinski definition) is 3. The molecule has 0 fully saturated rings. The highest BCUT2D eigenvalue weighted by atomic mass is 32.1. The quantitative estimate of drug-likeness (QED) is 0.739. The summed E-state index contributed by atoms with van der Waals surface area (Å²) in [5.41, 5.74) is 1.81. The largest absolute Gasteiger partial charge is 0.338 e. The van der Waals surface area contributed by atoms with E-state index >= 15 is 0 Å². The molecule has 4 nitrogen and oxygen atoms in total. The molecule has 21 heavy (non-hydrogen) atoms. The Morgan fingerprint density at radius 3 is 2.95 bits per heavy atom. The molecule has 0 saturated carbocycles. The van der Waals surface area contributed by atoms with Gasteiger partial charge in [-0.05, 0) is 18.6 Å². The van der Waals surface area contributed by atoms with Crippen LogP contribution < -0.4 is 10.6 Å². The van der Waals surface area contributed by atoms with Crippen LogP contribution in [0.1, 0.15) is 32.6 Å². The van der Waals surface area contributed by atoms with Gasteiger partial charge in [-0.2, -0.15) is 0 Å². The molecule has 1 heterocycles. The van der Waals surface area contributed by atoms with E-state index in [4.69, 9.17) is 0 Å². The summed E-state index contributed by atoms with van der Waals surface area (Å²) in [6, 6.07) is 7.59. The fourth-order valence-corrected chi connectivity index (χ4v) is 2.66. The second-order valence-electron chi connectivity index (χ2n) is 4.86. The molecule has 2 amide bonds. The molecular weight excluding hydrogens is 282 g/mol. The number of anilines is 1. The SMILES string of the molecule is CCCCCCNC(=O)Nc1cccc(-c2nccs2)c1. The lowest BCUT2D eigenvalue weighted by Crippen LogP contribution is -2.29. The van der Waals surface area contributed by atoms with Crippen molar-refractivity contribution in [1.82, 2.24) is 10.3 Å². The Hall–Kier alpha value is -1.88. The van der Waals surface area contributed by atoms with Crippen LogP contribution in [-0.4, -0.2) is 17.6 Å². The summed E-state index contributed by atoms with van der Waals surface area (Å²) in [5, 5.41) is 8.64. The van der Waals surface area contributed by atoms with Gasteiger partial charge in [-0.3, -0.25) is 0 Å². The van der Waals surface area contributed by atoms with Gasteiger partial charge in [-0.1, -0.05) is 38.3 Å². The average molecular weight is 303 g/mol. The molecule has 0 spiro atoms. The Kier molecular flexibility index (Phi) is 6.22. The van der Waals surface area contributed by atoms with Crippen LogP contribution in [0.25, 0.3) is 10.6 Å². The summed E-state index contributed by atoms with van der Waals surface area (Å²) in [7, 11) is 0. The molecule has 0 atom stereocenters. The average Bonchev–Trinajstić information content (AvgIpc) is 3.01. The number of carbonyl (C=O) groups is 1. The smallest absolute Gasteiger partial charge is 0.319 e. The number of rotatable bonds is 7. The zero-order valence-corrected chi connectivity index (χ0v) is 13.1. The number of nitrogens with zero attached hydrogens (tertiary/aromatic N) is 1. The highest BCUT2D eigenvalue weighted by Crippen LogP contribution is 2.24. The molecule has 0 bridgehead atoms. The number of urea groups is 1. The van der Waals surface area contributed by atoms with E-state index in [0.29, 0.717) is 0 Å². The number of aromatic nitrogens is 1. The molecule has 0 unspecified atom stereocenters. The van der Waals surface area contributed by atoms with Gasteiger partial charge >= 0.3 is 6.03 Å². The molecule has 0 radical (unpaired) electrons. The van der Waals surface area contributed by atoms with Crippen LogP contribution >= 0.6 is 11.3 Å². The minimum Gasteiger partial charge on any atom is -0.338 e. The van der Waals surface area contributed by atoms with Gasteiger partial charge in [0.1, 0.15) is 5.01 Å². The number of nitrogens with one attached hydrogen (secondary N) is 2. The zero-order chi connectivity index (χ0) is 14.9. The predicted octanol–water partition coefficient (Wildman–Crippen LogP) is 4.51. The minimum atomic E-state index is -0.150. The lowest BCUT2D eigenvalue weighted by Gasteiger charge is -2.08. The van der Waals surface area contributed by atoms with Crippen LogP contribution in [0.5, 0.6) is 0 Å². The first kappa shape index (κ1) is 15.5. The maximum atomic E-state index is 11.8. The van der Waals surface area contributed by atoms with Crippen molar-refractivity contribution in [3.63, 3.8) is 0 Å². The first-order valence-electron chi connectivity index (χ1n) is 7.34. The summed E-state index contributed by atoms with van der Waals surface area (Å²) < 4.78 is 0. The molecule has 2 N–H and O–H groups in total. The molecule has 0 aliphatic rings. The van der Waals surface area contributed by atoms with Crippen molar-refractivity contribution in [1.29, 1.82) is 0 Å². The van der Waals surface area contributed by atoms with E-state index in [0.717, 1.165) is 35.6 Å². The Balaban J connectivity index is 1.82. The van der Waals surface area contributed by atoms with Crippen molar-refractivity contribution >= 4 is 23.1 Å². The van der Waals surface area contributed by atoms with Crippen LogP contribution in [0.2, 0.25) is 0 Å². The predicted molar refractivity (Wildman–Crippen MR) is 88.7 cm³/mol. The van der Waals surface area contributed by atoms with Gasteiger partial charge in [0.2, 0.25) is 0 Å². The number of carbonyl (C=O) groups excluding carboxylic acids is 1. The van der Waals surface area contributed by atoms with Crippen molar-refractivity contribution in [2.45, 2.75) is 32.6 Å². The van der Waals surface area contributed by atoms with E-state index in [1.807, 2.05) is 29.6 Å². The third-order valence-electron chi connectivity index (χ3n) is 3.12. The first-order valence-corrected chi connectivity index (χ1v) is 8.22. The molecule has 0 aliphatic carbocycles. The number of hydrogen-bond donors (Lipinski definition) is 2. The topological polar surface area (TPSA) is 54.0 Å². The second kappa shape index (κ2) is 8.42. The van der Waals surface area contributed by atoms with Crippen molar-refractivity contribution in [3.05, 3.63) is 35.8 Å². The summed E-state index contributed by atoms with van der Waals surface area (Å²) >= 11 is 1.59. The van der Waals surface area contributed by atoms with Crippen LogP contribution in [-0.2, 0) is 0 Å². The summed E-state index contributed by atoms with van der Waals surface area (Å²) in [4.78, 5) is 16.1. The van der Waals surface area contributed by atoms with Crippen molar-refractivity contribution in [2.75, 3.05) is 11.9 Å². The Labute approximate surface area is 129 Å². The Morgan fingerprint density at radius 1 is 1.29 bits per heavy atom. The lowest BCUT2D eigenvalue weighted by atomic mass is 10.2. The molecular formula is C16H21N3OS. The van der Waals surface area contributed by atoms with Crippen molar-refractivity contribution in [3.8, 4) is 10.6 Å². The second-order valence-corrected chi connectivity index (χ2v) is 5.75. The van der Waals surface area contributed by atoms with Gasteiger partial charge in [-0.15, -0.1) is 11.3 Å². The van der Waals surface area contributed by atoms with E-state index in [9.17, 15) is 4.79 Å². The van der Waals surface area contributed by atoms with Crippen molar-refractivity contribution in [2.24, 2.45) is 0 Å². The molecule has 5 heteroatoms. The molecule has 2 aromatic rings. The summed E-state index contributed by atoms with van der Waals surface area (Å²) in [6.45, 7) is 2.90. The van der Waals surface area contributed by atoms with Gasteiger partial charge < -0.3 is 10.6 Å². The fraction of sp³-hybridized carbons (Fsp3) is 0.375. The van der Waals surface area contributed by atoms with E-state index in [2.05, 4.69) is 22.5 Å². The third-order valence-corrected chi connectivity index (χ3v) is 3.94. The fourth-order valence-electron chi connectivity index (χ4n) is 2.02. The van der Waals surface area contributed by atoms with Gasteiger partial charge in [0.25, 0.3) is 0 Å². The zero-order valence-electron chi connectivity index (χ0n) is 12.3. The number of thiazole rings is 1. The van der Waals surface area contributed by atoms with Gasteiger partial charge in [0, 0.05) is 29.4 Å². The lowest BCUT2D eigenvalue weighted by molar-refractivity contribution is 0.252. The molecule has 1 aromatic heterocycles. The molecule has 0 aliphatic heterocycles. The summed E-state index contributed by atoms with van der Waals surface area (Å²) in [5.74, 6) is 0. The first-order chi connectivity index (χ1) is 10.3. The molecule has 1 aromatic carbocycles. The van der Waals surface area contributed by atoms with Crippen LogP contribution in [0.3, 0.4) is 0 Å². The van der Waals surface area contributed by atoms with Crippen LogP contribution in [0.15, 0.2) is 35.8 Å². The normalized spacial score (nSPS) is 10.3. The van der Waals surface area contributed by atoms with Crippen LogP contribution in [0, 0.1) is 0 Å². The number of amides is 2. The summed E-state index contributed by atoms with van der Waals surface area (Å²) in [6.07, 6.45) is 6.40. The molecule has 112 valence electrons. The van der Waals surface area contributed by atoms with Gasteiger partial charge in [0.05, 0.1) is 0 Å². The van der Waals surface area contributed by atoms with E-state index < -0.39 is 0 Å². The van der Waals surface area contributed by atoms with Crippen molar-refractivity contribution < 1.29 is 4.79 Å². The van der Waals surface area contributed by atoms with E-state index in [1.165, 1.54) is 12.8 Å². The van der Waals surface area contributed by atoms with Gasteiger partial charge in [-0.25, -0.2) is 9.78 Å². The van der Waals surface area contributed by atoms with Crippen LogP contribution in [0.4, 0.5) is 10.5 Å². The maximum absolute atomic E-state index is 11.8. The minimum absolute atomic E-state index is 0.150. The van der Waals surface area contributed by atoms with Gasteiger partial charge in [0.15, 0.2) is 0 Å². The maximum Gasteiger partial charge on any atom is 0.319 e. The number of benzene rings is 1. The Morgan fingerprint density at radius 2 is 2.19 bits per heavy atom. The molecule has 0 saturated heterocycles. The standard InChI is InChI=1S/C16H21N3OS/c1-2-3-4-5-9-18-16(20)19-14-8-6-7-13(12-14)15-17-10-11-21-15/h6-8,10-12H,2-5,9H2,1H3,(H2,18,19,20). The Bertz CT molecular complexity index is 554. The van der Waals surface area contributed by atoms with E-state index in [1.54, 1.807) is 17.5 Å². The number of unbranched alkanes of at least 4 members (excludes halogenated alkanes) is 3.